The van der Waals surface area contributed by atoms with Crippen molar-refractivity contribution in [2.45, 2.75) is 12.1 Å². The van der Waals surface area contributed by atoms with Gasteiger partial charge in [-0.3, -0.25) is 0 Å². The van der Waals surface area contributed by atoms with E-state index in [9.17, 15) is 0 Å². The van der Waals surface area contributed by atoms with Crippen molar-refractivity contribution >= 4 is 8.56 Å². The van der Waals surface area contributed by atoms with Crippen LogP contribution in [0.4, 0.5) is 0 Å². The Balaban J connectivity index is 2.18. The first-order chi connectivity index (χ1) is 9.28. The molecule has 0 aliphatic rings. The number of hydrogen-bond donors (Lipinski definition) is 0. The lowest BCUT2D eigenvalue weighted by atomic mass is 10.2. The second kappa shape index (κ2) is 6.66. The predicted molar refractivity (Wildman–Crippen MR) is 80.1 cm³/mol. The molecule has 0 amide bonds. The van der Waals surface area contributed by atoms with Crippen molar-refractivity contribution in [1.29, 1.82) is 0 Å². The van der Waals surface area contributed by atoms with E-state index in [1.807, 2.05) is 12.1 Å². The van der Waals surface area contributed by atoms with Gasteiger partial charge >= 0.3 is 8.56 Å². The predicted octanol–water partition coefficient (Wildman–Crippen LogP) is 3.29. The first kappa shape index (κ1) is 14.0. The van der Waals surface area contributed by atoms with Crippen LogP contribution in [0, 0.1) is 0 Å². The van der Waals surface area contributed by atoms with Crippen LogP contribution in [0.15, 0.2) is 60.7 Å². The molecule has 2 aromatic carbocycles. The Hall–Kier alpha value is -1.42. The lowest BCUT2D eigenvalue weighted by Crippen LogP contribution is -2.46. The van der Waals surface area contributed by atoms with Crippen LogP contribution in [-0.2, 0) is 20.9 Å². The summed E-state index contributed by atoms with van der Waals surface area (Å²) in [6.45, 7) is 0. The fourth-order valence-electron chi connectivity index (χ4n) is 2.25. The second-order valence-corrected chi connectivity index (χ2v) is 7.99. The van der Waals surface area contributed by atoms with Gasteiger partial charge in [0.25, 0.3) is 0 Å². The fourth-order valence-corrected chi connectivity index (χ4v) is 4.83. The van der Waals surface area contributed by atoms with E-state index in [4.69, 9.17) is 8.85 Å². The molecule has 0 radical (unpaired) electrons. The summed E-state index contributed by atoms with van der Waals surface area (Å²) in [6.07, 6.45) is 0. The molecule has 0 aromatic heterocycles. The monoisotopic (exact) mass is 272 g/mol. The molecule has 2 nitrogen and oxygen atoms in total. The molecule has 0 fully saturated rings. The third kappa shape index (κ3) is 3.77. The molecule has 0 unspecified atom stereocenters. The topological polar surface area (TPSA) is 18.5 Å². The first-order valence-electron chi connectivity index (χ1n) is 6.46. The van der Waals surface area contributed by atoms with Gasteiger partial charge in [0.05, 0.1) is 0 Å². The van der Waals surface area contributed by atoms with Gasteiger partial charge in [-0.1, -0.05) is 60.7 Å². The van der Waals surface area contributed by atoms with Gasteiger partial charge in [-0.15, -0.1) is 0 Å². The first-order valence-corrected chi connectivity index (χ1v) is 8.69. The van der Waals surface area contributed by atoms with Gasteiger partial charge in [-0.05, 0) is 11.1 Å². The highest BCUT2D eigenvalue weighted by atomic mass is 28.4. The van der Waals surface area contributed by atoms with Crippen LogP contribution in [-0.4, -0.2) is 22.8 Å². The van der Waals surface area contributed by atoms with Gasteiger partial charge in [-0.2, -0.15) is 0 Å². The van der Waals surface area contributed by atoms with Crippen molar-refractivity contribution in [2.75, 3.05) is 14.2 Å². The summed E-state index contributed by atoms with van der Waals surface area (Å²) < 4.78 is 11.6. The van der Waals surface area contributed by atoms with Crippen molar-refractivity contribution in [2.24, 2.45) is 0 Å². The van der Waals surface area contributed by atoms with Crippen molar-refractivity contribution < 1.29 is 8.85 Å². The number of hydrogen-bond acceptors (Lipinski definition) is 2. The van der Waals surface area contributed by atoms with Gasteiger partial charge in [-0.25, -0.2) is 0 Å². The zero-order valence-electron chi connectivity index (χ0n) is 11.5. The molecule has 2 rings (SSSR count). The van der Waals surface area contributed by atoms with Gasteiger partial charge in [0.1, 0.15) is 0 Å². The summed E-state index contributed by atoms with van der Waals surface area (Å²) in [5.41, 5.74) is 2.54. The molecular weight excluding hydrogens is 252 g/mol. The van der Waals surface area contributed by atoms with Gasteiger partial charge in [0, 0.05) is 26.3 Å². The maximum Gasteiger partial charge on any atom is 0.346 e. The van der Waals surface area contributed by atoms with E-state index in [1.54, 1.807) is 14.2 Å². The van der Waals surface area contributed by atoms with E-state index in [0.29, 0.717) is 0 Å². The minimum atomic E-state index is -2.23. The third-order valence-electron chi connectivity index (χ3n) is 3.38. The van der Waals surface area contributed by atoms with E-state index >= 15 is 0 Å². The summed E-state index contributed by atoms with van der Waals surface area (Å²) in [5, 5.41) is 0. The Bertz CT molecular complexity index is 437. The van der Waals surface area contributed by atoms with Crippen LogP contribution in [0.5, 0.6) is 0 Å². The molecule has 3 heteroatoms. The van der Waals surface area contributed by atoms with Crippen molar-refractivity contribution in [3.8, 4) is 0 Å². The Labute approximate surface area is 116 Å². The maximum absolute atomic E-state index is 5.81. The van der Waals surface area contributed by atoms with Crippen LogP contribution >= 0.6 is 0 Å². The van der Waals surface area contributed by atoms with Gasteiger partial charge < -0.3 is 8.85 Å². The highest BCUT2D eigenvalue weighted by molar-refractivity contribution is 6.66. The maximum atomic E-state index is 5.81. The SMILES string of the molecule is CO[Si](Cc1ccccc1)(Cc1ccccc1)OC. The standard InChI is InChI=1S/C16H20O2Si/c1-17-19(18-2,13-15-9-5-3-6-10-15)14-16-11-7-4-8-12-16/h3-12H,13-14H2,1-2H3. The van der Waals surface area contributed by atoms with E-state index in [-0.39, 0.29) is 0 Å². The zero-order chi connectivity index (χ0) is 13.6. The Morgan fingerprint density at radius 3 is 1.37 bits per heavy atom. The summed E-state index contributed by atoms with van der Waals surface area (Å²) >= 11 is 0. The average molecular weight is 272 g/mol. The molecule has 2 aromatic rings. The molecule has 0 saturated heterocycles. The molecule has 0 aliphatic carbocycles. The minimum Gasteiger partial charge on any atom is -0.397 e. The number of rotatable bonds is 6. The average Bonchev–Trinajstić information content (AvgIpc) is 2.48. The summed E-state index contributed by atoms with van der Waals surface area (Å²) in [7, 11) is 1.31. The van der Waals surface area contributed by atoms with E-state index < -0.39 is 8.56 Å². The summed E-state index contributed by atoms with van der Waals surface area (Å²) in [5.74, 6) is 0. The highest BCUT2D eigenvalue weighted by Gasteiger charge is 2.35. The van der Waals surface area contributed by atoms with Gasteiger partial charge in [0.15, 0.2) is 0 Å². The molecule has 0 heterocycles. The lowest BCUT2D eigenvalue weighted by molar-refractivity contribution is 0.240. The molecule has 19 heavy (non-hydrogen) atoms. The Kier molecular flexibility index (Phi) is 4.91. The Morgan fingerprint density at radius 2 is 1.05 bits per heavy atom. The molecule has 0 bridgehead atoms. The quantitative estimate of drug-likeness (QED) is 0.751. The van der Waals surface area contributed by atoms with Crippen LogP contribution in [0.2, 0.25) is 0 Å². The van der Waals surface area contributed by atoms with Crippen LogP contribution in [0.25, 0.3) is 0 Å². The van der Waals surface area contributed by atoms with Crippen LogP contribution in [0.1, 0.15) is 11.1 Å². The zero-order valence-corrected chi connectivity index (χ0v) is 12.5. The van der Waals surface area contributed by atoms with E-state index in [2.05, 4.69) is 48.5 Å². The summed E-state index contributed by atoms with van der Waals surface area (Å²) in [4.78, 5) is 0. The molecule has 0 saturated carbocycles. The molecule has 100 valence electrons. The van der Waals surface area contributed by atoms with Crippen LogP contribution < -0.4 is 0 Å². The molecule has 0 aliphatic heterocycles. The van der Waals surface area contributed by atoms with Gasteiger partial charge in [0.2, 0.25) is 0 Å². The van der Waals surface area contributed by atoms with Crippen molar-refractivity contribution in [1.82, 2.24) is 0 Å². The van der Waals surface area contributed by atoms with Crippen molar-refractivity contribution in [3.63, 3.8) is 0 Å². The summed E-state index contributed by atoms with van der Waals surface area (Å²) in [6, 6.07) is 22.6. The molecular formula is C16H20O2Si. The molecule has 0 atom stereocenters. The smallest absolute Gasteiger partial charge is 0.346 e. The number of benzene rings is 2. The molecule has 0 spiro atoms. The highest BCUT2D eigenvalue weighted by Crippen LogP contribution is 2.19. The van der Waals surface area contributed by atoms with E-state index in [0.717, 1.165) is 12.1 Å². The van der Waals surface area contributed by atoms with Crippen LogP contribution in [0.3, 0.4) is 0 Å². The Morgan fingerprint density at radius 1 is 0.684 bits per heavy atom. The second-order valence-electron chi connectivity index (χ2n) is 4.64. The van der Waals surface area contributed by atoms with Crippen molar-refractivity contribution in [3.05, 3.63) is 71.8 Å². The normalized spacial score (nSPS) is 11.5. The lowest BCUT2D eigenvalue weighted by Gasteiger charge is -2.27. The fraction of sp³-hybridized carbons (Fsp3) is 0.250. The molecule has 0 N–H and O–H groups in total. The largest absolute Gasteiger partial charge is 0.397 e. The minimum absolute atomic E-state index is 0.871. The third-order valence-corrected chi connectivity index (χ3v) is 6.76. The van der Waals surface area contributed by atoms with E-state index in [1.165, 1.54) is 11.1 Å².